The molecule has 0 unspecified atom stereocenters. The monoisotopic (exact) mass is 461 g/mol. The van der Waals surface area contributed by atoms with Gasteiger partial charge in [-0.3, -0.25) is 9.59 Å². The van der Waals surface area contributed by atoms with Crippen LogP contribution in [-0.4, -0.2) is 61.4 Å². The van der Waals surface area contributed by atoms with Crippen LogP contribution in [0.5, 0.6) is 5.75 Å². The van der Waals surface area contributed by atoms with E-state index < -0.39 is 5.92 Å². The number of ether oxygens (including phenoxy) is 1. The van der Waals surface area contributed by atoms with Crippen molar-refractivity contribution in [1.82, 2.24) is 15.1 Å². The highest BCUT2D eigenvalue weighted by atomic mass is 16.5. The van der Waals surface area contributed by atoms with Crippen LogP contribution in [0.25, 0.3) is 0 Å². The Morgan fingerprint density at radius 1 is 1.03 bits per heavy atom. The van der Waals surface area contributed by atoms with Crippen LogP contribution in [-0.2, 0) is 4.79 Å². The number of nitrogens with one attached hydrogen (secondary N) is 1. The maximum Gasteiger partial charge on any atom is 0.254 e. The van der Waals surface area contributed by atoms with Crippen molar-refractivity contribution in [2.75, 3.05) is 33.8 Å². The Morgan fingerprint density at radius 3 is 2.59 bits per heavy atom. The zero-order valence-corrected chi connectivity index (χ0v) is 20.2. The molecule has 3 heterocycles. The molecule has 2 amide bonds. The quantitative estimate of drug-likeness (QED) is 0.732. The first-order chi connectivity index (χ1) is 16.6. The molecular weight excluding hydrogens is 426 g/mol. The average molecular weight is 462 g/mol. The minimum atomic E-state index is -0.460. The normalized spacial score (nSPS) is 27.0. The molecule has 6 nitrogen and oxygen atoms in total. The summed E-state index contributed by atoms with van der Waals surface area (Å²) < 4.78 is 5.32. The van der Waals surface area contributed by atoms with Crippen molar-refractivity contribution < 1.29 is 14.3 Å². The molecule has 4 atom stereocenters. The van der Waals surface area contributed by atoms with Gasteiger partial charge in [0.25, 0.3) is 5.91 Å². The second-order valence-electron chi connectivity index (χ2n) is 9.95. The van der Waals surface area contributed by atoms with Gasteiger partial charge in [-0.2, -0.15) is 0 Å². The van der Waals surface area contributed by atoms with E-state index in [-0.39, 0.29) is 17.9 Å². The summed E-state index contributed by atoms with van der Waals surface area (Å²) in [6.45, 7) is 3.08. The molecule has 2 saturated heterocycles. The van der Waals surface area contributed by atoms with Gasteiger partial charge in [-0.15, -0.1) is 0 Å². The summed E-state index contributed by atoms with van der Waals surface area (Å²) in [6.07, 6.45) is 6.18. The van der Waals surface area contributed by atoms with Gasteiger partial charge in [0.1, 0.15) is 5.75 Å². The molecular formula is C28H35N3O3. The van der Waals surface area contributed by atoms with Gasteiger partial charge in [0.2, 0.25) is 5.91 Å². The van der Waals surface area contributed by atoms with E-state index in [1.165, 1.54) is 45.2 Å². The lowest BCUT2D eigenvalue weighted by Gasteiger charge is -2.45. The van der Waals surface area contributed by atoms with Crippen LogP contribution in [0, 0.1) is 5.92 Å². The number of carbonyl (C=O) groups excluding carboxylic acids is 2. The highest BCUT2D eigenvalue weighted by Crippen LogP contribution is 2.42. The van der Waals surface area contributed by atoms with Crippen molar-refractivity contribution >= 4 is 11.8 Å². The van der Waals surface area contributed by atoms with E-state index in [1.54, 1.807) is 19.1 Å². The van der Waals surface area contributed by atoms with Crippen LogP contribution in [0.2, 0.25) is 0 Å². The first-order valence-corrected chi connectivity index (χ1v) is 12.6. The maximum atomic E-state index is 13.8. The molecule has 0 spiro atoms. The summed E-state index contributed by atoms with van der Waals surface area (Å²) in [5.41, 5.74) is 2.36. The average Bonchev–Trinajstić information content (AvgIpc) is 2.89. The molecule has 6 heteroatoms. The zero-order chi connectivity index (χ0) is 23.7. The van der Waals surface area contributed by atoms with Gasteiger partial charge in [0.15, 0.2) is 0 Å². The van der Waals surface area contributed by atoms with Crippen molar-refractivity contribution in [2.24, 2.45) is 5.92 Å². The number of rotatable bonds is 5. The van der Waals surface area contributed by atoms with Crippen LogP contribution in [0.3, 0.4) is 0 Å². The molecule has 180 valence electrons. The van der Waals surface area contributed by atoms with Gasteiger partial charge in [-0.25, -0.2) is 0 Å². The molecule has 2 aromatic rings. The van der Waals surface area contributed by atoms with Crippen LogP contribution < -0.4 is 10.1 Å². The lowest BCUT2D eigenvalue weighted by molar-refractivity contribution is -0.124. The van der Waals surface area contributed by atoms with Crippen LogP contribution in [0.15, 0.2) is 48.5 Å². The highest BCUT2D eigenvalue weighted by Gasteiger charge is 2.43. The highest BCUT2D eigenvalue weighted by molar-refractivity contribution is 6.01. The fraction of sp³-hybridized carbons (Fsp3) is 0.500. The number of hydrogen-bond acceptors (Lipinski definition) is 4. The van der Waals surface area contributed by atoms with Gasteiger partial charge >= 0.3 is 0 Å². The lowest BCUT2D eigenvalue weighted by atomic mass is 9.79. The third-order valence-electron chi connectivity index (χ3n) is 8.09. The van der Waals surface area contributed by atoms with Crippen molar-refractivity contribution in [2.45, 2.75) is 50.1 Å². The van der Waals surface area contributed by atoms with E-state index >= 15 is 0 Å². The van der Waals surface area contributed by atoms with Gasteiger partial charge in [-0.05, 0) is 74.0 Å². The first kappa shape index (κ1) is 22.9. The molecule has 0 radical (unpaired) electrons. The topological polar surface area (TPSA) is 61.9 Å². The number of nitrogens with zero attached hydrogens (tertiary/aromatic N) is 2. The molecule has 3 aliphatic heterocycles. The maximum absolute atomic E-state index is 13.8. The molecule has 0 aliphatic carbocycles. The van der Waals surface area contributed by atoms with E-state index in [0.717, 1.165) is 16.9 Å². The summed E-state index contributed by atoms with van der Waals surface area (Å²) in [7, 11) is 3.44. The third kappa shape index (κ3) is 4.20. The van der Waals surface area contributed by atoms with Gasteiger partial charge in [-0.1, -0.05) is 36.8 Å². The molecule has 1 N–H and O–H groups in total. The number of methoxy groups -OCH3 is 1. The predicted octanol–water partition coefficient (Wildman–Crippen LogP) is 3.99. The van der Waals surface area contributed by atoms with E-state index in [2.05, 4.69) is 10.2 Å². The number of likely N-dealkylation sites (N-methyl/N-ethyl adjacent to an activating group) is 1. The Bertz CT molecular complexity index is 1040. The Kier molecular flexibility index (Phi) is 6.59. The van der Waals surface area contributed by atoms with E-state index in [1.807, 2.05) is 48.5 Å². The molecule has 0 aromatic heterocycles. The number of fused-ring (bicyclic) bond motifs is 2. The molecule has 34 heavy (non-hydrogen) atoms. The standard InChI is InChI=1S/C28H35N3O3/c1-30-26(19-12-14-21(34-2)15-13-19)25(22-9-3-4-10-23(22)28(30)33)27(32)29-18-20-8-7-17-31-16-6-5-11-24(20)31/h3-4,9-10,12-15,20,24-26H,5-8,11,16-18H2,1-2H3,(H,29,32)/t20-,24+,25-,26+/m0/s1. The fourth-order valence-electron chi connectivity index (χ4n) is 6.33. The minimum absolute atomic E-state index is 0.000510. The van der Waals surface area contributed by atoms with Crippen LogP contribution in [0.1, 0.15) is 65.5 Å². The second-order valence-corrected chi connectivity index (χ2v) is 9.95. The number of carbonyl (C=O) groups is 2. The van der Waals surface area contributed by atoms with Crippen molar-refractivity contribution in [1.29, 1.82) is 0 Å². The Hall–Kier alpha value is -2.86. The lowest BCUT2D eigenvalue weighted by Crippen LogP contribution is -2.52. The third-order valence-corrected chi connectivity index (χ3v) is 8.09. The zero-order valence-electron chi connectivity index (χ0n) is 20.2. The molecule has 3 aliphatic rings. The second kappa shape index (κ2) is 9.79. The van der Waals surface area contributed by atoms with Crippen molar-refractivity contribution in [3.05, 3.63) is 65.2 Å². The molecule has 0 bridgehead atoms. The fourth-order valence-corrected chi connectivity index (χ4v) is 6.33. The predicted molar refractivity (Wildman–Crippen MR) is 132 cm³/mol. The summed E-state index contributed by atoms with van der Waals surface area (Å²) in [5.74, 6) is 0.740. The Morgan fingerprint density at radius 2 is 1.79 bits per heavy atom. The van der Waals surface area contributed by atoms with Crippen LogP contribution >= 0.6 is 0 Å². The van der Waals surface area contributed by atoms with Gasteiger partial charge < -0.3 is 19.9 Å². The number of piperidine rings is 2. The number of benzene rings is 2. The van der Waals surface area contributed by atoms with Gasteiger partial charge in [0.05, 0.1) is 19.1 Å². The van der Waals surface area contributed by atoms with Gasteiger partial charge in [0, 0.05) is 25.2 Å². The summed E-state index contributed by atoms with van der Waals surface area (Å²) in [4.78, 5) is 31.4. The number of amides is 2. The number of hydrogen-bond donors (Lipinski definition) is 1. The van der Waals surface area contributed by atoms with Crippen LogP contribution in [0.4, 0.5) is 0 Å². The summed E-state index contributed by atoms with van der Waals surface area (Å²) >= 11 is 0. The van der Waals surface area contributed by atoms with Crippen molar-refractivity contribution in [3.63, 3.8) is 0 Å². The first-order valence-electron chi connectivity index (χ1n) is 12.6. The summed E-state index contributed by atoms with van der Waals surface area (Å²) in [6, 6.07) is 15.5. The Balaban J connectivity index is 1.42. The SMILES string of the molecule is COc1ccc([C@@H]2[C@@H](C(=O)NC[C@@H]3CCCN4CCCC[C@H]34)c3ccccc3C(=O)N2C)cc1. The van der Waals surface area contributed by atoms with E-state index in [0.29, 0.717) is 24.1 Å². The van der Waals surface area contributed by atoms with Crippen molar-refractivity contribution in [3.8, 4) is 5.75 Å². The molecule has 5 rings (SSSR count). The molecule has 2 aromatic carbocycles. The largest absolute Gasteiger partial charge is 0.497 e. The summed E-state index contributed by atoms with van der Waals surface area (Å²) in [5, 5.41) is 3.33. The Labute approximate surface area is 202 Å². The molecule has 2 fully saturated rings. The van der Waals surface area contributed by atoms with E-state index in [4.69, 9.17) is 4.74 Å². The van der Waals surface area contributed by atoms with E-state index in [9.17, 15) is 9.59 Å². The smallest absolute Gasteiger partial charge is 0.254 e. The molecule has 0 saturated carbocycles. The minimum Gasteiger partial charge on any atom is -0.497 e.